The second kappa shape index (κ2) is 8.54. The molecule has 1 aromatic heterocycles. The minimum Gasteiger partial charge on any atom is -0.465 e. The van der Waals surface area contributed by atoms with E-state index in [9.17, 15) is 9.59 Å². The summed E-state index contributed by atoms with van der Waals surface area (Å²) < 4.78 is 7.46. The number of benzene rings is 3. The fraction of sp³-hybridized carbons (Fsp3) is 0.222. The van der Waals surface area contributed by atoms with E-state index in [1.165, 1.54) is 0 Å². The quantitative estimate of drug-likeness (QED) is 0.335. The molecule has 0 unspecified atom stereocenters. The van der Waals surface area contributed by atoms with Gasteiger partial charge in [0.25, 0.3) is 0 Å². The summed E-state index contributed by atoms with van der Waals surface area (Å²) in [7, 11) is 0. The van der Waals surface area contributed by atoms with Crippen molar-refractivity contribution in [3.63, 3.8) is 0 Å². The number of hydrogen-bond acceptors (Lipinski definition) is 4. The zero-order valence-corrected chi connectivity index (χ0v) is 18.6. The Hall–Kier alpha value is -3.93. The molecule has 1 aliphatic heterocycles. The third-order valence-electron chi connectivity index (χ3n) is 6.18. The van der Waals surface area contributed by atoms with Gasteiger partial charge in [-0.15, -0.1) is 0 Å². The van der Waals surface area contributed by atoms with E-state index in [-0.39, 0.29) is 12.5 Å². The lowest BCUT2D eigenvalue weighted by Gasteiger charge is -2.38. The van der Waals surface area contributed by atoms with Crippen LogP contribution in [0.5, 0.6) is 0 Å². The van der Waals surface area contributed by atoms with Crippen molar-refractivity contribution in [2.45, 2.75) is 26.4 Å². The predicted molar refractivity (Wildman–Crippen MR) is 127 cm³/mol. The van der Waals surface area contributed by atoms with Crippen LogP contribution in [0.25, 0.3) is 11.0 Å². The highest BCUT2D eigenvalue weighted by atomic mass is 16.5. The smallest absolute Gasteiger partial charge is 0.321 e. The van der Waals surface area contributed by atoms with E-state index in [2.05, 4.69) is 0 Å². The zero-order valence-electron chi connectivity index (χ0n) is 18.6. The Morgan fingerprint density at radius 3 is 2.42 bits per heavy atom. The first-order valence-corrected chi connectivity index (χ1v) is 11.1. The van der Waals surface area contributed by atoms with Crippen LogP contribution in [0, 0.1) is 12.8 Å². The molecule has 0 N–H and O–H groups in total. The minimum absolute atomic E-state index is 0.208. The number of ether oxygens (including phenoxy) is 1. The molecule has 0 radical (unpaired) electrons. The fourth-order valence-corrected chi connectivity index (χ4v) is 4.66. The molecule has 3 aromatic carbocycles. The van der Waals surface area contributed by atoms with Gasteiger partial charge in [0.1, 0.15) is 0 Å². The predicted octanol–water partition coefficient (Wildman–Crippen LogP) is 4.66. The number of para-hydroxylation sites is 2. The van der Waals surface area contributed by atoms with Gasteiger partial charge in [-0.25, -0.2) is 4.98 Å². The molecule has 2 heterocycles. The molecule has 33 heavy (non-hydrogen) atoms. The maximum atomic E-state index is 14.0. The number of anilines is 1. The molecular weight excluding hydrogens is 414 g/mol. The average Bonchev–Trinajstić information content (AvgIpc) is 3.21. The van der Waals surface area contributed by atoms with Crippen LogP contribution in [-0.4, -0.2) is 28.0 Å². The molecule has 6 heteroatoms. The first-order valence-electron chi connectivity index (χ1n) is 11.1. The monoisotopic (exact) mass is 439 g/mol. The number of carbonyl (C=O) groups excluding carboxylic acids is 2. The van der Waals surface area contributed by atoms with Gasteiger partial charge in [0.15, 0.2) is 5.92 Å². The molecule has 4 aromatic rings. The zero-order chi connectivity index (χ0) is 22.9. The molecule has 1 amide bonds. The summed E-state index contributed by atoms with van der Waals surface area (Å²) >= 11 is 0. The molecule has 6 nitrogen and oxygen atoms in total. The summed E-state index contributed by atoms with van der Waals surface area (Å²) in [5.74, 6) is -1.29. The van der Waals surface area contributed by atoms with E-state index in [0.29, 0.717) is 12.5 Å². The van der Waals surface area contributed by atoms with Gasteiger partial charge in [0.2, 0.25) is 11.9 Å². The summed E-state index contributed by atoms with van der Waals surface area (Å²) in [5, 5.41) is 0. The Bertz CT molecular complexity index is 1330. The number of carbonyl (C=O) groups is 2. The van der Waals surface area contributed by atoms with Gasteiger partial charge in [-0.05, 0) is 42.7 Å². The second-order valence-electron chi connectivity index (χ2n) is 8.21. The molecule has 0 fully saturated rings. The number of esters is 1. The summed E-state index contributed by atoms with van der Waals surface area (Å²) in [5.41, 5.74) is 4.53. The Labute approximate surface area is 192 Å². The molecule has 1 aliphatic rings. The lowest BCUT2D eigenvalue weighted by molar-refractivity contribution is -0.153. The average molecular weight is 440 g/mol. The van der Waals surface area contributed by atoms with Crippen LogP contribution in [0.15, 0.2) is 78.9 Å². The Balaban J connectivity index is 1.77. The summed E-state index contributed by atoms with van der Waals surface area (Å²) in [6, 6.07) is 24.8. The highest BCUT2D eigenvalue weighted by molar-refractivity contribution is 6.08. The maximum Gasteiger partial charge on any atom is 0.321 e. The van der Waals surface area contributed by atoms with Gasteiger partial charge < -0.3 is 9.30 Å². The topological polar surface area (TPSA) is 64.4 Å². The fourth-order valence-electron chi connectivity index (χ4n) is 4.66. The molecule has 0 saturated heterocycles. The van der Waals surface area contributed by atoms with Gasteiger partial charge in [0.05, 0.1) is 30.2 Å². The van der Waals surface area contributed by atoms with E-state index < -0.39 is 17.9 Å². The number of nitrogens with zero attached hydrogens (tertiary/aromatic N) is 3. The number of rotatable bonds is 5. The van der Waals surface area contributed by atoms with Crippen LogP contribution >= 0.6 is 0 Å². The van der Waals surface area contributed by atoms with Crippen LogP contribution in [0.2, 0.25) is 0 Å². The van der Waals surface area contributed by atoms with Crippen LogP contribution in [0.4, 0.5) is 5.95 Å². The summed E-state index contributed by atoms with van der Waals surface area (Å²) in [6.45, 7) is 4.28. The van der Waals surface area contributed by atoms with Crippen molar-refractivity contribution in [3.8, 4) is 0 Å². The molecule has 166 valence electrons. The Morgan fingerprint density at radius 1 is 0.970 bits per heavy atom. The number of aromatic nitrogens is 2. The molecule has 0 aliphatic carbocycles. The van der Waals surface area contributed by atoms with Crippen molar-refractivity contribution < 1.29 is 14.3 Å². The summed E-state index contributed by atoms with van der Waals surface area (Å²) in [6.07, 6.45) is 0. The van der Waals surface area contributed by atoms with E-state index in [1.807, 2.05) is 90.4 Å². The van der Waals surface area contributed by atoms with Crippen molar-refractivity contribution in [1.29, 1.82) is 0 Å². The lowest BCUT2D eigenvalue weighted by Crippen LogP contribution is -2.50. The number of hydrogen-bond donors (Lipinski definition) is 0. The number of amides is 1. The molecular formula is C27H25N3O3. The van der Waals surface area contributed by atoms with Gasteiger partial charge in [-0.3, -0.25) is 14.5 Å². The number of fused-ring (bicyclic) bond motifs is 3. The van der Waals surface area contributed by atoms with Crippen LogP contribution in [-0.2, 0) is 20.9 Å². The normalized spacial score (nSPS) is 17.8. The SMILES string of the molecule is CCOC(=O)[C@H]1C(=O)N(Cc2ccccc2)c2nc3ccccc3n2[C@@H]1c1ccccc1C. The van der Waals surface area contributed by atoms with Gasteiger partial charge in [0, 0.05) is 0 Å². The standard InChI is InChI=1S/C27H25N3O3/c1-3-33-26(32)23-24(20-14-8-7-11-18(20)2)30-22-16-10-9-15-21(22)28-27(30)29(25(23)31)17-19-12-5-4-6-13-19/h4-16,23-24H,3,17H2,1-2H3/t23-,24-/m1/s1. The van der Waals surface area contributed by atoms with E-state index in [1.54, 1.807) is 11.8 Å². The molecule has 0 saturated carbocycles. The maximum absolute atomic E-state index is 14.0. The van der Waals surface area contributed by atoms with Gasteiger partial charge in [-0.1, -0.05) is 66.7 Å². The van der Waals surface area contributed by atoms with E-state index in [0.717, 1.165) is 27.7 Å². The van der Waals surface area contributed by atoms with Gasteiger partial charge in [-0.2, -0.15) is 0 Å². The molecule has 0 bridgehead atoms. The first kappa shape index (κ1) is 20.9. The lowest BCUT2D eigenvalue weighted by atomic mass is 9.87. The molecule has 0 spiro atoms. The second-order valence-corrected chi connectivity index (χ2v) is 8.21. The first-order chi connectivity index (χ1) is 16.1. The van der Waals surface area contributed by atoms with Crippen molar-refractivity contribution in [2.75, 3.05) is 11.5 Å². The number of imidazole rings is 1. The minimum atomic E-state index is -1.01. The van der Waals surface area contributed by atoms with Crippen molar-refractivity contribution >= 4 is 28.9 Å². The largest absolute Gasteiger partial charge is 0.465 e. The van der Waals surface area contributed by atoms with Crippen LogP contribution in [0.3, 0.4) is 0 Å². The van der Waals surface area contributed by atoms with E-state index >= 15 is 0 Å². The number of aryl methyl sites for hydroxylation is 1. The van der Waals surface area contributed by atoms with Crippen molar-refractivity contribution in [2.24, 2.45) is 5.92 Å². The highest BCUT2D eigenvalue weighted by Gasteiger charge is 2.48. The van der Waals surface area contributed by atoms with Crippen molar-refractivity contribution in [1.82, 2.24) is 9.55 Å². The van der Waals surface area contributed by atoms with Crippen molar-refractivity contribution in [3.05, 3.63) is 95.6 Å². The third kappa shape index (κ3) is 3.57. The summed E-state index contributed by atoms with van der Waals surface area (Å²) in [4.78, 5) is 33.7. The molecule has 2 atom stereocenters. The Kier molecular flexibility index (Phi) is 5.42. The van der Waals surface area contributed by atoms with Crippen LogP contribution in [0.1, 0.15) is 29.7 Å². The molecule has 5 rings (SSSR count). The highest BCUT2D eigenvalue weighted by Crippen LogP contribution is 2.42. The van der Waals surface area contributed by atoms with E-state index in [4.69, 9.17) is 9.72 Å². The third-order valence-corrected chi connectivity index (χ3v) is 6.18. The van der Waals surface area contributed by atoms with Crippen LogP contribution < -0.4 is 4.90 Å². The van der Waals surface area contributed by atoms with Gasteiger partial charge >= 0.3 is 5.97 Å². The Morgan fingerprint density at radius 2 is 1.67 bits per heavy atom.